The maximum absolute atomic E-state index is 13.0. The van der Waals surface area contributed by atoms with Crippen LogP contribution in [0.5, 0.6) is 0 Å². The summed E-state index contributed by atoms with van der Waals surface area (Å²) in [6.07, 6.45) is 3.09. The maximum Gasteiger partial charge on any atom is 0.255 e. The van der Waals surface area contributed by atoms with Gasteiger partial charge in [-0.15, -0.1) is 0 Å². The Morgan fingerprint density at radius 1 is 0.893 bits per heavy atom. The number of benzene rings is 2. The fraction of sp³-hybridized carbons (Fsp3) is 0.318. The quantitative estimate of drug-likeness (QED) is 0.830. The molecule has 0 spiro atoms. The minimum absolute atomic E-state index is 0.0919. The predicted octanol–water partition coefficient (Wildman–Crippen LogP) is 3.61. The third-order valence-corrected chi connectivity index (χ3v) is 6.42. The second-order valence-corrected chi connectivity index (χ2v) is 7.90. The lowest BCUT2D eigenvalue weighted by molar-refractivity contribution is -0.123. The van der Waals surface area contributed by atoms with Gasteiger partial charge in [-0.05, 0) is 79.6 Å². The third kappa shape index (κ3) is 2.55. The van der Waals surface area contributed by atoms with Gasteiger partial charge in [-0.1, -0.05) is 0 Å². The van der Waals surface area contributed by atoms with Gasteiger partial charge < -0.3 is 5.32 Å². The zero-order chi connectivity index (χ0) is 19.4. The molecule has 0 aromatic heterocycles. The van der Waals surface area contributed by atoms with Gasteiger partial charge in [0.15, 0.2) is 0 Å². The molecule has 2 bridgehead atoms. The molecule has 3 aliphatic rings. The van der Waals surface area contributed by atoms with E-state index in [-0.39, 0.29) is 35.4 Å². The van der Waals surface area contributed by atoms with E-state index in [2.05, 4.69) is 5.32 Å². The molecule has 2 aliphatic carbocycles. The molecule has 5 rings (SSSR count). The van der Waals surface area contributed by atoms with Crippen molar-refractivity contribution in [1.82, 2.24) is 0 Å². The van der Waals surface area contributed by atoms with E-state index in [0.29, 0.717) is 28.8 Å². The lowest BCUT2D eigenvalue weighted by Crippen LogP contribution is -2.32. The van der Waals surface area contributed by atoms with Gasteiger partial charge in [0, 0.05) is 11.3 Å². The van der Waals surface area contributed by atoms with Crippen molar-refractivity contribution in [3.05, 3.63) is 59.9 Å². The van der Waals surface area contributed by atoms with Crippen molar-refractivity contribution in [2.24, 2.45) is 23.7 Å². The summed E-state index contributed by atoms with van der Waals surface area (Å²) in [6.45, 7) is 0. The van der Waals surface area contributed by atoms with Gasteiger partial charge in [0.25, 0.3) is 5.91 Å². The van der Waals surface area contributed by atoms with Gasteiger partial charge in [-0.25, -0.2) is 4.39 Å². The molecule has 3 amide bonds. The molecule has 1 heterocycles. The standard InChI is InChI=1S/C22H19FN2O3/c23-15-5-7-16(8-6-15)24-20(26)12-3-9-17(10-4-12)25-21(27)18-13-1-2-14(11-13)19(18)22(25)28/h3-10,13-14,18-19H,1-2,11H2,(H,24,26)/t13-,14-,18-,19-/m0/s1. The van der Waals surface area contributed by atoms with E-state index in [1.807, 2.05) is 0 Å². The van der Waals surface area contributed by atoms with Crippen LogP contribution in [-0.4, -0.2) is 17.7 Å². The van der Waals surface area contributed by atoms with Gasteiger partial charge in [-0.3, -0.25) is 19.3 Å². The molecule has 2 aromatic carbocycles. The molecule has 1 N–H and O–H groups in total. The van der Waals surface area contributed by atoms with Crippen molar-refractivity contribution < 1.29 is 18.8 Å². The molecule has 2 saturated carbocycles. The molecule has 2 aromatic rings. The summed E-state index contributed by atoms with van der Waals surface area (Å²) < 4.78 is 13.0. The van der Waals surface area contributed by atoms with Crippen LogP contribution >= 0.6 is 0 Å². The number of nitrogens with one attached hydrogen (secondary N) is 1. The van der Waals surface area contributed by atoms with Gasteiger partial charge in [-0.2, -0.15) is 0 Å². The number of hydrogen-bond acceptors (Lipinski definition) is 3. The summed E-state index contributed by atoms with van der Waals surface area (Å²) in [7, 11) is 0. The first kappa shape index (κ1) is 17.1. The number of anilines is 2. The molecule has 0 radical (unpaired) electrons. The Labute approximate surface area is 161 Å². The minimum atomic E-state index is -0.375. The number of hydrogen-bond donors (Lipinski definition) is 1. The van der Waals surface area contributed by atoms with Crippen LogP contribution in [0.3, 0.4) is 0 Å². The Kier molecular flexibility index (Phi) is 3.82. The smallest absolute Gasteiger partial charge is 0.255 e. The van der Waals surface area contributed by atoms with Crippen LogP contribution in [-0.2, 0) is 9.59 Å². The average Bonchev–Trinajstić information content (AvgIpc) is 3.38. The van der Waals surface area contributed by atoms with Crippen molar-refractivity contribution in [2.45, 2.75) is 19.3 Å². The van der Waals surface area contributed by atoms with E-state index in [0.717, 1.165) is 19.3 Å². The summed E-state index contributed by atoms with van der Waals surface area (Å²) >= 11 is 0. The normalized spacial score (nSPS) is 28.0. The van der Waals surface area contributed by atoms with Crippen molar-refractivity contribution >= 4 is 29.1 Å². The Morgan fingerprint density at radius 3 is 2.04 bits per heavy atom. The zero-order valence-corrected chi connectivity index (χ0v) is 15.1. The van der Waals surface area contributed by atoms with E-state index in [1.165, 1.54) is 29.2 Å². The van der Waals surface area contributed by atoms with Crippen LogP contribution in [0.1, 0.15) is 29.6 Å². The van der Waals surface area contributed by atoms with Gasteiger partial charge in [0.2, 0.25) is 11.8 Å². The highest BCUT2D eigenvalue weighted by Gasteiger charge is 2.61. The SMILES string of the molecule is O=C(Nc1ccc(F)cc1)c1ccc(N2C(=O)[C@H]3[C@H]4CC[C@@H](C4)[C@@H]3C2=O)cc1. The van der Waals surface area contributed by atoms with Crippen molar-refractivity contribution in [2.75, 3.05) is 10.2 Å². The van der Waals surface area contributed by atoms with E-state index in [4.69, 9.17) is 0 Å². The molecule has 28 heavy (non-hydrogen) atoms. The first-order valence-corrected chi connectivity index (χ1v) is 9.58. The number of imide groups is 1. The number of amides is 3. The first-order chi connectivity index (χ1) is 13.5. The summed E-state index contributed by atoms with van der Waals surface area (Å²) in [5.41, 5.74) is 1.40. The van der Waals surface area contributed by atoms with Crippen LogP contribution in [0.15, 0.2) is 48.5 Å². The number of rotatable bonds is 3. The van der Waals surface area contributed by atoms with Gasteiger partial charge in [0.1, 0.15) is 5.82 Å². The van der Waals surface area contributed by atoms with Crippen molar-refractivity contribution in [3.8, 4) is 0 Å². The molecule has 0 unspecified atom stereocenters. The summed E-state index contributed by atoms with van der Waals surface area (Å²) in [6, 6.07) is 12.0. The molecular weight excluding hydrogens is 359 g/mol. The lowest BCUT2D eigenvalue weighted by atomic mass is 9.81. The number of nitrogens with zero attached hydrogens (tertiary/aromatic N) is 1. The molecule has 4 atom stereocenters. The van der Waals surface area contributed by atoms with Gasteiger partial charge in [0.05, 0.1) is 17.5 Å². The number of carbonyl (C=O) groups excluding carboxylic acids is 3. The zero-order valence-electron chi connectivity index (χ0n) is 15.1. The summed E-state index contributed by atoms with van der Waals surface area (Å²) in [4.78, 5) is 39.4. The molecule has 3 fully saturated rings. The first-order valence-electron chi connectivity index (χ1n) is 9.58. The largest absolute Gasteiger partial charge is 0.322 e. The van der Waals surface area contributed by atoms with Crippen molar-refractivity contribution in [1.29, 1.82) is 0 Å². The Bertz CT molecular complexity index is 942. The number of halogens is 1. The number of carbonyl (C=O) groups is 3. The molecule has 6 heteroatoms. The average molecular weight is 378 g/mol. The Hall–Kier alpha value is -3.02. The highest BCUT2D eigenvalue weighted by molar-refractivity contribution is 6.22. The van der Waals surface area contributed by atoms with Crippen LogP contribution in [0.25, 0.3) is 0 Å². The van der Waals surface area contributed by atoms with E-state index in [1.54, 1.807) is 24.3 Å². The highest BCUT2D eigenvalue weighted by Crippen LogP contribution is 2.56. The van der Waals surface area contributed by atoms with E-state index in [9.17, 15) is 18.8 Å². The summed E-state index contributed by atoms with van der Waals surface area (Å²) in [5, 5.41) is 2.69. The molecule has 5 nitrogen and oxygen atoms in total. The highest BCUT2D eigenvalue weighted by atomic mass is 19.1. The fourth-order valence-electron chi connectivity index (χ4n) is 5.16. The predicted molar refractivity (Wildman–Crippen MR) is 101 cm³/mol. The topological polar surface area (TPSA) is 66.5 Å². The van der Waals surface area contributed by atoms with Crippen molar-refractivity contribution in [3.63, 3.8) is 0 Å². The molecule has 142 valence electrons. The lowest BCUT2D eigenvalue weighted by Gasteiger charge is -2.19. The van der Waals surface area contributed by atoms with Crippen LogP contribution < -0.4 is 10.2 Å². The molecule has 1 saturated heterocycles. The van der Waals surface area contributed by atoms with Crippen LogP contribution in [0.4, 0.5) is 15.8 Å². The second kappa shape index (κ2) is 6.26. The number of fused-ring (bicyclic) bond motifs is 5. The van der Waals surface area contributed by atoms with E-state index >= 15 is 0 Å². The minimum Gasteiger partial charge on any atom is -0.322 e. The Balaban J connectivity index is 1.34. The van der Waals surface area contributed by atoms with Crippen LogP contribution in [0.2, 0.25) is 0 Å². The van der Waals surface area contributed by atoms with Gasteiger partial charge >= 0.3 is 0 Å². The third-order valence-electron chi connectivity index (χ3n) is 6.42. The molecule has 1 aliphatic heterocycles. The molecular formula is C22H19FN2O3. The summed E-state index contributed by atoms with van der Waals surface area (Å²) in [5.74, 6) is -0.529. The Morgan fingerprint density at radius 2 is 1.46 bits per heavy atom. The maximum atomic E-state index is 13.0. The monoisotopic (exact) mass is 378 g/mol. The second-order valence-electron chi connectivity index (χ2n) is 7.90. The fourth-order valence-corrected chi connectivity index (χ4v) is 5.16. The van der Waals surface area contributed by atoms with E-state index < -0.39 is 0 Å². The van der Waals surface area contributed by atoms with Crippen LogP contribution in [0, 0.1) is 29.5 Å².